The van der Waals surface area contributed by atoms with Crippen LogP contribution in [0.1, 0.15) is 36.1 Å². The second-order valence-electron chi connectivity index (χ2n) is 4.00. The number of rotatable bonds is 7. The molecule has 0 radical (unpaired) electrons. The first kappa shape index (κ1) is 15.3. The Morgan fingerprint density at radius 2 is 2.05 bits per heavy atom. The van der Waals surface area contributed by atoms with E-state index < -0.39 is 5.91 Å². The number of hydrogen-bond acceptors (Lipinski definition) is 5. The Balaban J connectivity index is 2.16. The summed E-state index contributed by atoms with van der Waals surface area (Å²) in [5.41, 5.74) is 5.11. The van der Waals surface area contributed by atoms with Gasteiger partial charge in [0.2, 0.25) is 11.8 Å². The van der Waals surface area contributed by atoms with Crippen LogP contribution >= 0.6 is 11.3 Å². The Morgan fingerprint density at radius 3 is 2.63 bits per heavy atom. The summed E-state index contributed by atoms with van der Waals surface area (Å²) >= 11 is 1.56. The highest BCUT2D eigenvalue weighted by atomic mass is 32.1. The number of nitrogens with one attached hydrogen (secondary N) is 2. The van der Waals surface area contributed by atoms with E-state index in [0.717, 1.165) is 10.4 Å². The molecule has 1 rings (SSSR count). The second-order valence-corrected chi connectivity index (χ2v) is 4.95. The van der Waals surface area contributed by atoms with Crippen LogP contribution in [-0.2, 0) is 9.59 Å². The standard InChI is InChI=1S/C12H17N3O3S/c1-9-6-7-19-10(9)8-13-14-11(16)4-2-3-5-12(17)15-18/h6-8,18H,2-5H2,1H3,(H,14,16)(H,15,17)/b13-8-. The van der Waals surface area contributed by atoms with E-state index in [1.54, 1.807) is 23.0 Å². The van der Waals surface area contributed by atoms with Gasteiger partial charge in [0.05, 0.1) is 6.21 Å². The van der Waals surface area contributed by atoms with Crippen molar-refractivity contribution in [1.29, 1.82) is 0 Å². The molecule has 0 spiro atoms. The van der Waals surface area contributed by atoms with Gasteiger partial charge >= 0.3 is 0 Å². The maximum absolute atomic E-state index is 11.4. The van der Waals surface area contributed by atoms with Crippen LogP contribution in [0.4, 0.5) is 0 Å². The number of aryl methyl sites for hydroxylation is 1. The summed E-state index contributed by atoms with van der Waals surface area (Å²) < 4.78 is 0. The molecule has 0 bridgehead atoms. The number of unbranched alkanes of at least 4 members (excludes halogenated alkanes) is 1. The minimum atomic E-state index is -0.438. The Labute approximate surface area is 115 Å². The summed E-state index contributed by atoms with van der Waals surface area (Å²) in [6, 6.07) is 1.99. The summed E-state index contributed by atoms with van der Waals surface area (Å²) in [5.74, 6) is -0.624. The topological polar surface area (TPSA) is 90.8 Å². The maximum atomic E-state index is 11.4. The van der Waals surface area contributed by atoms with Crippen LogP contribution < -0.4 is 10.9 Å². The molecule has 104 valence electrons. The zero-order chi connectivity index (χ0) is 14.1. The van der Waals surface area contributed by atoms with E-state index in [1.165, 1.54) is 0 Å². The number of carbonyl (C=O) groups is 2. The first-order valence-corrected chi connectivity index (χ1v) is 6.80. The molecule has 0 unspecified atom stereocenters. The lowest BCUT2D eigenvalue weighted by atomic mass is 10.2. The van der Waals surface area contributed by atoms with Crippen molar-refractivity contribution in [3.63, 3.8) is 0 Å². The summed E-state index contributed by atoms with van der Waals surface area (Å²) in [7, 11) is 0. The van der Waals surface area contributed by atoms with Crippen molar-refractivity contribution >= 4 is 29.4 Å². The van der Waals surface area contributed by atoms with Gasteiger partial charge < -0.3 is 0 Å². The van der Waals surface area contributed by atoms with Gasteiger partial charge in [-0.2, -0.15) is 5.10 Å². The Morgan fingerprint density at radius 1 is 1.37 bits per heavy atom. The normalized spacial score (nSPS) is 10.6. The SMILES string of the molecule is Cc1ccsc1/C=N\NC(=O)CCCCC(=O)NO. The number of hydrazone groups is 1. The summed E-state index contributed by atoms with van der Waals surface area (Å²) in [5, 5.41) is 14.1. The molecular weight excluding hydrogens is 266 g/mol. The molecule has 1 heterocycles. The Hall–Kier alpha value is -1.73. The fourth-order valence-electron chi connectivity index (χ4n) is 1.36. The van der Waals surface area contributed by atoms with Crippen LogP contribution in [0.3, 0.4) is 0 Å². The third-order valence-electron chi connectivity index (χ3n) is 2.46. The predicted octanol–water partition coefficient (Wildman–Crippen LogP) is 1.57. The Bertz CT molecular complexity index is 457. The molecule has 2 amide bonds. The van der Waals surface area contributed by atoms with E-state index in [-0.39, 0.29) is 12.3 Å². The fourth-order valence-corrected chi connectivity index (χ4v) is 2.15. The van der Waals surface area contributed by atoms with Crippen molar-refractivity contribution in [2.45, 2.75) is 32.6 Å². The first-order valence-electron chi connectivity index (χ1n) is 5.92. The number of hydrogen-bond donors (Lipinski definition) is 3. The van der Waals surface area contributed by atoms with Crippen molar-refractivity contribution in [2.75, 3.05) is 0 Å². The van der Waals surface area contributed by atoms with Crippen LogP contribution in [0.15, 0.2) is 16.5 Å². The van der Waals surface area contributed by atoms with Crippen LogP contribution in [0.2, 0.25) is 0 Å². The lowest BCUT2D eigenvalue weighted by Crippen LogP contribution is -2.19. The predicted molar refractivity (Wildman–Crippen MR) is 73.2 cm³/mol. The van der Waals surface area contributed by atoms with Gasteiger partial charge in [-0.15, -0.1) is 11.3 Å². The fraction of sp³-hybridized carbons (Fsp3) is 0.417. The number of hydroxylamine groups is 1. The van der Waals surface area contributed by atoms with Gasteiger partial charge in [-0.25, -0.2) is 10.9 Å². The molecule has 0 saturated carbocycles. The third-order valence-corrected chi connectivity index (χ3v) is 3.41. The van der Waals surface area contributed by atoms with Crippen LogP contribution in [0.25, 0.3) is 0 Å². The van der Waals surface area contributed by atoms with Crippen molar-refractivity contribution in [3.8, 4) is 0 Å². The van der Waals surface area contributed by atoms with E-state index in [1.807, 2.05) is 18.4 Å². The van der Waals surface area contributed by atoms with E-state index in [2.05, 4.69) is 10.5 Å². The minimum Gasteiger partial charge on any atom is -0.289 e. The molecule has 0 fully saturated rings. The molecule has 0 aromatic carbocycles. The zero-order valence-corrected chi connectivity index (χ0v) is 11.5. The van der Waals surface area contributed by atoms with Crippen molar-refractivity contribution in [2.24, 2.45) is 5.10 Å². The van der Waals surface area contributed by atoms with Crippen molar-refractivity contribution in [1.82, 2.24) is 10.9 Å². The van der Waals surface area contributed by atoms with Gasteiger partial charge in [-0.05, 0) is 36.8 Å². The Kier molecular flexibility index (Phi) is 6.76. The molecule has 0 atom stereocenters. The lowest BCUT2D eigenvalue weighted by Gasteiger charge is -2.00. The molecule has 3 N–H and O–H groups in total. The average Bonchev–Trinajstić information content (AvgIpc) is 2.80. The zero-order valence-electron chi connectivity index (χ0n) is 10.7. The van der Waals surface area contributed by atoms with Gasteiger partial charge in [0.1, 0.15) is 0 Å². The van der Waals surface area contributed by atoms with Gasteiger partial charge in [-0.3, -0.25) is 14.8 Å². The van der Waals surface area contributed by atoms with Gasteiger partial charge in [-0.1, -0.05) is 0 Å². The summed E-state index contributed by atoms with van der Waals surface area (Å²) in [6.07, 6.45) is 3.26. The number of nitrogens with zero attached hydrogens (tertiary/aromatic N) is 1. The van der Waals surface area contributed by atoms with Crippen molar-refractivity contribution in [3.05, 3.63) is 21.9 Å². The third kappa shape index (κ3) is 6.12. The molecule has 1 aromatic rings. The van der Waals surface area contributed by atoms with E-state index in [9.17, 15) is 9.59 Å². The number of amides is 2. The average molecular weight is 283 g/mol. The molecule has 0 aliphatic rings. The van der Waals surface area contributed by atoms with Gasteiger partial charge in [0, 0.05) is 17.7 Å². The molecular formula is C12H17N3O3S. The summed E-state index contributed by atoms with van der Waals surface area (Å²) in [4.78, 5) is 23.1. The van der Waals surface area contributed by atoms with Gasteiger partial charge in [0.15, 0.2) is 0 Å². The molecule has 1 aromatic heterocycles. The minimum absolute atomic E-state index is 0.185. The highest BCUT2D eigenvalue weighted by molar-refractivity contribution is 7.11. The largest absolute Gasteiger partial charge is 0.289 e. The van der Waals surface area contributed by atoms with Crippen LogP contribution in [-0.4, -0.2) is 23.2 Å². The van der Waals surface area contributed by atoms with E-state index in [4.69, 9.17) is 5.21 Å². The van der Waals surface area contributed by atoms with E-state index in [0.29, 0.717) is 19.3 Å². The smallest absolute Gasteiger partial charge is 0.243 e. The number of thiophene rings is 1. The second kappa shape index (κ2) is 8.39. The quantitative estimate of drug-likeness (QED) is 0.307. The first-order chi connectivity index (χ1) is 9.13. The molecule has 6 nitrogen and oxygen atoms in total. The van der Waals surface area contributed by atoms with Gasteiger partial charge in [0.25, 0.3) is 0 Å². The molecule has 7 heteroatoms. The van der Waals surface area contributed by atoms with Crippen LogP contribution in [0.5, 0.6) is 0 Å². The lowest BCUT2D eigenvalue weighted by molar-refractivity contribution is -0.129. The van der Waals surface area contributed by atoms with Crippen LogP contribution in [0, 0.1) is 6.92 Å². The molecule has 19 heavy (non-hydrogen) atoms. The van der Waals surface area contributed by atoms with Crippen molar-refractivity contribution < 1.29 is 14.8 Å². The molecule has 0 saturated heterocycles. The number of carbonyl (C=O) groups excluding carboxylic acids is 2. The maximum Gasteiger partial charge on any atom is 0.243 e. The monoisotopic (exact) mass is 283 g/mol. The van der Waals surface area contributed by atoms with E-state index >= 15 is 0 Å². The highest BCUT2D eigenvalue weighted by Gasteiger charge is 2.02. The molecule has 0 aliphatic carbocycles. The molecule has 0 aliphatic heterocycles. The summed E-state index contributed by atoms with van der Waals surface area (Å²) in [6.45, 7) is 1.98. The highest BCUT2D eigenvalue weighted by Crippen LogP contribution is 2.12.